The molecule has 1 fully saturated rings. The summed E-state index contributed by atoms with van der Waals surface area (Å²) in [5, 5.41) is 8.97. The SMILES string of the molecule is CCOc1ccccc1C(=O)CN1CCCC1CCCO. The summed E-state index contributed by atoms with van der Waals surface area (Å²) in [6.45, 7) is 4.13. The van der Waals surface area contributed by atoms with Gasteiger partial charge in [-0.3, -0.25) is 9.69 Å². The van der Waals surface area contributed by atoms with E-state index in [2.05, 4.69) is 4.90 Å². The van der Waals surface area contributed by atoms with Gasteiger partial charge in [-0.2, -0.15) is 0 Å². The number of nitrogens with zero attached hydrogens (tertiary/aromatic N) is 1. The average Bonchev–Trinajstić information content (AvgIpc) is 2.93. The zero-order valence-corrected chi connectivity index (χ0v) is 12.8. The monoisotopic (exact) mass is 291 g/mol. The van der Waals surface area contributed by atoms with Gasteiger partial charge < -0.3 is 9.84 Å². The fourth-order valence-electron chi connectivity index (χ4n) is 3.01. The van der Waals surface area contributed by atoms with Crippen LogP contribution in [0.2, 0.25) is 0 Å². The molecule has 1 atom stereocenters. The van der Waals surface area contributed by atoms with Crippen LogP contribution in [0.15, 0.2) is 24.3 Å². The fourth-order valence-corrected chi connectivity index (χ4v) is 3.01. The Balaban J connectivity index is 2.00. The highest BCUT2D eigenvalue weighted by molar-refractivity contribution is 6.00. The summed E-state index contributed by atoms with van der Waals surface area (Å²) >= 11 is 0. The van der Waals surface area contributed by atoms with E-state index in [1.807, 2.05) is 31.2 Å². The Morgan fingerprint density at radius 1 is 1.43 bits per heavy atom. The minimum absolute atomic E-state index is 0.120. The number of aliphatic hydroxyl groups excluding tert-OH is 1. The third-order valence-electron chi connectivity index (χ3n) is 4.03. The largest absolute Gasteiger partial charge is 0.493 e. The van der Waals surface area contributed by atoms with Crippen molar-refractivity contribution < 1.29 is 14.6 Å². The predicted molar refractivity (Wildman–Crippen MR) is 82.9 cm³/mol. The molecule has 1 unspecified atom stereocenters. The van der Waals surface area contributed by atoms with Crippen LogP contribution >= 0.6 is 0 Å². The number of ketones is 1. The minimum Gasteiger partial charge on any atom is -0.493 e. The summed E-state index contributed by atoms with van der Waals surface area (Å²) in [5.41, 5.74) is 0.673. The number of hydrogen-bond acceptors (Lipinski definition) is 4. The minimum atomic E-state index is 0.120. The van der Waals surface area contributed by atoms with Gasteiger partial charge in [0, 0.05) is 12.6 Å². The van der Waals surface area contributed by atoms with E-state index in [0.29, 0.717) is 30.5 Å². The molecular weight excluding hydrogens is 266 g/mol. The lowest BCUT2D eigenvalue weighted by atomic mass is 10.1. The van der Waals surface area contributed by atoms with Crippen LogP contribution in [-0.4, -0.2) is 48.1 Å². The van der Waals surface area contributed by atoms with E-state index in [1.54, 1.807) is 0 Å². The third kappa shape index (κ3) is 4.29. The van der Waals surface area contributed by atoms with Crippen molar-refractivity contribution in [3.05, 3.63) is 29.8 Å². The van der Waals surface area contributed by atoms with E-state index in [0.717, 1.165) is 32.2 Å². The van der Waals surface area contributed by atoms with Gasteiger partial charge >= 0.3 is 0 Å². The van der Waals surface area contributed by atoms with Gasteiger partial charge in [-0.25, -0.2) is 0 Å². The van der Waals surface area contributed by atoms with E-state index in [9.17, 15) is 4.79 Å². The van der Waals surface area contributed by atoms with Crippen molar-refractivity contribution in [1.29, 1.82) is 0 Å². The second-order valence-corrected chi connectivity index (χ2v) is 5.48. The first kappa shape index (κ1) is 16.0. The maximum Gasteiger partial charge on any atom is 0.180 e. The highest BCUT2D eigenvalue weighted by atomic mass is 16.5. The van der Waals surface area contributed by atoms with Gasteiger partial charge in [-0.05, 0) is 51.3 Å². The lowest BCUT2D eigenvalue weighted by Crippen LogP contribution is -2.34. The molecule has 0 saturated carbocycles. The number of Topliss-reactive ketones (excluding diaryl/α,β-unsaturated/α-hetero) is 1. The number of aliphatic hydroxyl groups is 1. The van der Waals surface area contributed by atoms with Gasteiger partial charge in [0.25, 0.3) is 0 Å². The number of likely N-dealkylation sites (tertiary alicyclic amines) is 1. The van der Waals surface area contributed by atoms with Crippen molar-refractivity contribution in [2.75, 3.05) is 26.3 Å². The summed E-state index contributed by atoms with van der Waals surface area (Å²) in [4.78, 5) is 14.8. The van der Waals surface area contributed by atoms with E-state index in [-0.39, 0.29) is 12.4 Å². The molecule has 0 spiro atoms. The summed E-state index contributed by atoms with van der Waals surface area (Å²) in [7, 11) is 0. The molecule has 1 N–H and O–H groups in total. The number of ether oxygens (including phenoxy) is 1. The zero-order valence-electron chi connectivity index (χ0n) is 12.8. The van der Waals surface area contributed by atoms with Gasteiger partial charge in [0.15, 0.2) is 5.78 Å². The van der Waals surface area contributed by atoms with Gasteiger partial charge in [0.1, 0.15) is 5.75 Å². The van der Waals surface area contributed by atoms with Crippen LogP contribution in [0.5, 0.6) is 5.75 Å². The van der Waals surface area contributed by atoms with E-state index < -0.39 is 0 Å². The molecule has 1 saturated heterocycles. The van der Waals surface area contributed by atoms with E-state index in [1.165, 1.54) is 0 Å². The van der Waals surface area contributed by atoms with Crippen LogP contribution < -0.4 is 4.74 Å². The molecule has 116 valence electrons. The van der Waals surface area contributed by atoms with Gasteiger partial charge in [0.05, 0.1) is 18.7 Å². The van der Waals surface area contributed by atoms with Gasteiger partial charge in [-0.1, -0.05) is 12.1 Å². The Bertz CT molecular complexity index is 461. The summed E-state index contributed by atoms with van der Waals surface area (Å²) in [6, 6.07) is 7.89. The molecule has 1 heterocycles. The second-order valence-electron chi connectivity index (χ2n) is 5.48. The zero-order chi connectivity index (χ0) is 15.1. The van der Waals surface area contributed by atoms with Crippen molar-refractivity contribution in [3.63, 3.8) is 0 Å². The summed E-state index contributed by atoms with van der Waals surface area (Å²) in [5.74, 6) is 0.797. The molecule has 1 aliphatic heterocycles. The number of carbonyl (C=O) groups is 1. The van der Waals surface area contributed by atoms with Crippen molar-refractivity contribution in [1.82, 2.24) is 4.90 Å². The van der Waals surface area contributed by atoms with Crippen molar-refractivity contribution in [3.8, 4) is 5.75 Å². The number of hydrogen-bond donors (Lipinski definition) is 1. The highest BCUT2D eigenvalue weighted by Gasteiger charge is 2.26. The lowest BCUT2D eigenvalue weighted by Gasteiger charge is -2.23. The summed E-state index contributed by atoms with van der Waals surface area (Å²) < 4.78 is 5.54. The molecular formula is C17H25NO3. The lowest BCUT2D eigenvalue weighted by molar-refractivity contribution is 0.0912. The normalized spacial score (nSPS) is 18.9. The number of carbonyl (C=O) groups excluding carboxylic acids is 1. The molecule has 1 aromatic rings. The molecule has 4 nitrogen and oxygen atoms in total. The molecule has 0 aliphatic carbocycles. The van der Waals surface area contributed by atoms with Crippen molar-refractivity contribution in [2.24, 2.45) is 0 Å². The molecule has 1 aromatic carbocycles. The van der Waals surface area contributed by atoms with Crippen molar-refractivity contribution in [2.45, 2.75) is 38.6 Å². The molecule has 0 bridgehead atoms. The first-order valence-electron chi connectivity index (χ1n) is 7.86. The smallest absolute Gasteiger partial charge is 0.180 e. The number of benzene rings is 1. The predicted octanol–water partition coefficient (Wildman–Crippen LogP) is 2.50. The number of para-hydroxylation sites is 1. The maximum absolute atomic E-state index is 12.5. The number of rotatable bonds is 8. The van der Waals surface area contributed by atoms with E-state index >= 15 is 0 Å². The highest BCUT2D eigenvalue weighted by Crippen LogP contribution is 2.24. The third-order valence-corrected chi connectivity index (χ3v) is 4.03. The van der Waals surface area contributed by atoms with Crippen LogP contribution in [-0.2, 0) is 0 Å². The van der Waals surface area contributed by atoms with Crippen LogP contribution in [0.4, 0.5) is 0 Å². The molecule has 1 aliphatic rings. The van der Waals surface area contributed by atoms with Crippen LogP contribution in [0, 0.1) is 0 Å². The Morgan fingerprint density at radius 2 is 2.24 bits per heavy atom. The topological polar surface area (TPSA) is 49.8 Å². The molecule has 0 amide bonds. The summed E-state index contributed by atoms with van der Waals surface area (Å²) in [6.07, 6.45) is 4.04. The first-order valence-corrected chi connectivity index (χ1v) is 7.86. The standard InChI is InChI=1S/C17H25NO3/c1-2-21-17-10-4-3-9-15(17)16(20)13-18-11-5-7-14(18)8-6-12-19/h3-4,9-10,14,19H,2,5-8,11-13H2,1H3. The molecule has 0 aromatic heterocycles. The van der Waals surface area contributed by atoms with Crippen LogP contribution in [0.1, 0.15) is 43.0 Å². The Labute approximate surface area is 126 Å². The Kier molecular flexibility index (Phi) is 6.21. The quantitative estimate of drug-likeness (QED) is 0.748. The Hall–Kier alpha value is -1.39. The molecule has 2 rings (SSSR count). The fraction of sp³-hybridized carbons (Fsp3) is 0.588. The average molecular weight is 291 g/mol. The Morgan fingerprint density at radius 3 is 3.00 bits per heavy atom. The molecule has 0 radical (unpaired) electrons. The van der Waals surface area contributed by atoms with E-state index in [4.69, 9.17) is 9.84 Å². The second kappa shape index (κ2) is 8.15. The first-order chi connectivity index (χ1) is 10.3. The van der Waals surface area contributed by atoms with Gasteiger partial charge in [-0.15, -0.1) is 0 Å². The molecule has 21 heavy (non-hydrogen) atoms. The molecule has 4 heteroatoms. The van der Waals surface area contributed by atoms with Crippen LogP contribution in [0.3, 0.4) is 0 Å². The van der Waals surface area contributed by atoms with Crippen LogP contribution in [0.25, 0.3) is 0 Å². The van der Waals surface area contributed by atoms with Crippen molar-refractivity contribution >= 4 is 5.78 Å². The van der Waals surface area contributed by atoms with Gasteiger partial charge in [0.2, 0.25) is 0 Å². The maximum atomic E-state index is 12.5.